The molecule has 0 atom stereocenters. The molecule has 6 heteroatoms. The van der Waals surface area contributed by atoms with E-state index in [9.17, 15) is 8.42 Å². The molecule has 100 valence electrons. The van der Waals surface area contributed by atoms with Crippen LogP contribution < -0.4 is 16.2 Å². The number of primary sulfonamides is 1. The third-order valence-corrected chi connectivity index (χ3v) is 3.61. The molecule has 0 aliphatic heterocycles. The van der Waals surface area contributed by atoms with E-state index in [2.05, 4.69) is 5.32 Å². The Balaban J connectivity index is 2.15. The first-order valence-electron chi connectivity index (χ1n) is 5.67. The second kappa shape index (κ2) is 5.29. The van der Waals surface area contributed by atoms with Gasteiger partial charge in [-0.1, -0.05) is 24.3 Å². The zero-order valence-corrected chi connectivity index (χ0v) is 11.0. The number of rotatable bonds is 4. The molecular weight excluding hydrogens is 262 g/mol. The highest BCUT2D eigenvalue weighted by atomic mass is 32.2. The molecule has 0 saturated carbocycles. The van der Waals surface area contributed by atoms with Gasteiger partial charge in [-0.05, 0) is 29.8 Å². The SMILES string of the molecule is Nc1ccccc1CNc1cccc(S(N)(=O)=O)c1. The Morgan fingerprint density at radius 1 is 1.05 bits per heavy atom. The second-order valence-corrected chi connectivity index (χ2v) is 5.69. The Kier molecular flexibility index (Phi) is 3.73. The molecule has 0 spiro atoms. The van der Waals surface area contributed by atoms with E-state index in [1.165, 1.54) is 12.1 Å². The number of nitrogens with one attached hydrogen (secondary N) is 1. The molecule has 0 amide bonds. The normalized spacial score (nSPS) is 11.2. The number of hydrogen-bond acceptors (Lipinski definition) is 4. The molecule has 0 aromatic heterocycles. The van der Waals surface area contributed by atoms with E-state index in [1.54, 1.807) is 12.1 Å². The predicted octanol–water partition coefficient (Wildman–Crippen LogP) is 1.53. The Morgan fingerprint density at radius 3 is 2.47 bits per heavy atom. The van der Waals surface area contributed by atoms with Crippen LogP contribution in [0.1, 0.15) is 5.56 Å². The summed E-state index contributed by atoms with van der Waals surface area (Å²) in [5.74, 6) is 0. The molecule has 19 heavy (non-hydrogen) atoms. The van der Waals surface area contributed by atoms with Gasteiger partial charge in [0, 0.05) is 17.9 Å². The number of nitrogens with two attached hydrogens (primary N) is 2. The molecule has 2 aromatic carbocycles. The Labute approximate surface area is 112 Å². The monoisotopic (exact) mass is 277 g/mol. The van der Waals surface area contributed by atoms with Crippen LogP contribution in [0.5, 0.6) is 0 Å². The summed E-state index contributed by atoms with van der Waals surface area (Å²) in [6.45, 7) is 0.515. The van der Waals surface area contributed by atoms with Crippen molar-refractivity contribution >= 4 is 21.4 Å². The highest BCUT2D eigenvalue weighted by Gasteiger charge is 2.07. The van der Waals surface area contributed by atoms with Crippen molar-refractivity contribution in [3.05, 3.63) is 54.1 Å². The molecule has 0 unspecified atom stereocenters. The van der Waals surface area contributed by atoms with Crippen LogP contribution in [0.15, 0.2) is 53.4 Å². The van der Waals surface area contributed by atoms with E-state index in [1.807, 2.05) is 24.3 Å². The smallest absolute Gasteiger partial charge is 0.238 e. The lowest BCUT2D eigenvalue weighted by atomic mass is 10.2. The highest BCUT2D eigenvalue weighted by molar-refractivity contribution is 7.89. The van der Waals surface area contributed by atoms with Crippen molar-refractivity contribution in [2.75, 3.05) is 11.1 Å². The van der Waals surface area contributed by atoms with Crippen LogP contribution in [-0.4, -0.2) is 8.42 Å². The maximum atomic E-state index is 11.2. The first-order chi connectivity index (χ1) is 8.97. The second-order valence-electron chi connectivity index (χ2n) is 4.13. The maximum Gasteiger partial charge on any atom is 0.238 e. The van der Waals surface area contributed by atoms with Crippen LogP contribution >= 0.6 is 0 Å². The molecule has 0 saturated heterocycles. The Morgan fingerprint density at radius 2 is 1.79 bits per heavy atom. The summed E-state index contributed by atoms with van der Waals surface area (Å²) >= 11 is 0. The minimum atomic E-state index is -3.68. The van der Waals surface area contributed by atoms with Crippen molar-refractivity contribution in [3.63, 3.8) is 0 Å². The molecule has 0 heterocycles. The third kappa shape index (κ3) is 3.46. The summed E-state index contributed by atoms with van der Waals surface area (Å²) in [5, 5.41) is 8.20. The molecule has 0 aliphatic carbocycles. The van der Waals surface area contributed by atoms with E-state index in [0.29, 0.717) is 17.9 Å². The summed E-state index contributed by atoms with van der Waals surface area (Å²) in [6.07, 6.45) is 0. The molecule has 2 aromatic rings. The van der Waals surface area contributed by atoms with Gasteiger partial charge in [-0.2, -0.15) is 0 Å². The summed E-state index contributed by atoms with van der Waals surface area (Å²) < 4.78 is 22.5. The molecular formula is C13H15N3O2S. The fourth-order valence-electron chi connectivity index (χ4n) is 1.68. The van der Waals surface area contributed by atoms with E-state index in [4.69, 9.17) is 10.9 Å². The molecule has 5 nitrogen and oxygen atoms in total. The summed E-state index contributed by atoms with van der Waals surface area (Å²) in [7, 11) is -3.68. The van der Waals surface area contributed by atoms with E-state index in [-0.39, 0.29) is 4.90 Å². The molecule has 0 radical (unpaired) electrons. The van der Waals surface area contributed by atoms with Crippen LogP contribution in [0.4, 0.5) is 11.4 Å². The number of hydrogen-bond donors (Lipinski definition) is 3. The van der Waals surface area contributed by atoms with Crippen LogP contribution in [0.3, 0.4) is 0 Å². The highest BCUT2D eigenvalue weighted by Crippen LogP contribution is 2.17. The van der Waals surface area contributed by atoms with Gasteiger partial charge < -0.3 is 11.1 Å². The Hall–Kier alpha value is -2.05. The van der Waals surface area contributed by atoms with Crippen LogP contribution in [0.25, 0.3) is 0 Å². The maximum absolute atomic E-state index is 11.2. The first kappa shape index (κ1) is 13.4. The number of nitrogen functional groups attached to an aromatic ring is 1. The van der Waals surface area contributed by atoms with Crippen LogP contribution in [0, 0.1) is 0 Å². The minimum absolute atomic E-state index is 0.0820. The summed E-state index contributed by atoms with van der Waals surface area (Å²) in [5.41, 5.74) is 8.14. The van der Waals surface area contributed by atoms with Crippen molar-refractivity contribution in [2.45, 2.75) is 11.4 Å². The van der Waals surface area contributed by atoms with Crippen molar-refractivity contribution < 1.29 is 8.42 Å². The lowest BCUT2D eigenvalue weighted by Crippen LogP contribution is -2.12. The average Bonchev–Trinajstić information content (AvgIpc) is 2.37. The summed E-state index contributed by atoms with van der Waals surface area (Å²) in [6, 6.07) is 13.8. The van der Waals surface area contributed by atoms with Gasteiger partial charge in [0.15, 0.2) is 0 Å². The van der Waals surface area contributed by atoms with Gasteiger partial charge in [0.1, 0.15) is 0 Å². The van der Waals surface area contributed by atoms with Gasteiger partial charge in [0.05, 0.1) is 4.90 Å². The fourth-order valence-corrected chi connectivity index (χ4v) is 2.23. The van der Waals surface area contributed by atoms with Gasteiger partial charge in [-0.15, -0.1) is 0 Å². The molecule has 0 fully saturated rings. The van der Waals surface area contributed by atoms with E-state index < -0.39 is 10.0 Å². The van der Waals surface area contributed by atoms with Crippen molar-refractivity contribution in [1.82, 2.24) is 0 Å². The number of sulfonamides is 1. The van der Waals surface area contributed by atoms with Crippen molar-refractivity contribution in [1.29, 1.82) is 0 Å². The quantitative estimate of drug-likeness (QED) is 0.738. The lowest BCUT2D eigenvalue weighted by Gasteiger charge is -2.09. The van der Waals surface area contributed by atoms with Crippen LogP contribution in [0.2, 0.25) is 0 Å². The fraction of sp³-hybridized carbons (Fsp3) is 0.0769. The number of para-hydroxylation sites is 1. The van der Waals surface area contributed by atoms with Gasteiger partial charge in [0.2, 0.25) is 10.0 Å². The third-order valence-electron chi connectivity index (χ3n) is 2.70. The van der Waals surface area contributed by atoms with Crippen LogP contribution in [-0.2, 0) is 16.6 Å². The van der Waals surface area contributed by atoms with Gasteiger partial charge in [-0.25, -0.2) is 13.6 Å². The molecule has 2 rings (SSSR count). The number of benzene rings is 2. The van der Waals surface area contributed by atoms with Gasteiger partial charge >= 0.3 is 0 Å². The number of anilines is 2. The minimum Gasteiger partial charge on any atom is -0.398 e. The molecule has 5 N–H and O–H groups in total. The van der Waals surface area contributed by atoms with Gasteiger partial charge in [-0.3, -0.25) is 0 Å². The predicted molar refractivity (Wildman–Crippen MR) is 76.0 cm³/mol. The van der Waals surface area contributed by atoms with Gasteiger partial charge in [0.25, 0.3) is 0 Å². The topological polar surface area (TPSA) is 98.2 Å². The average molecular weight is 277 g/mol. The molecule has 0 bridgehead atoms. The largest absolute Gasteiger partial charge is 0.398 e. The summed E-state index contributed by atoms with van der Waals surface area (Å²) in [4.78, 5) is 0.0820. The van der Waals surface area contributed by atoms with E-state index in [0.717, 1.165) is 5.56 Å². The molecule has 0 aliphatic rings. The first-order valence-corrected chi connectivity index (χ1v) is 7.21. The zero-order chi connectivity index (χ0) is 13.9. The standard InChI is InChI=1S/C13H15N3O2S/c14-13-7-2-1-4-10(13)9-16-11-5-3-6-12(8-11)19(15,17)18/h1-8,16H,9,14H2,(H2,15,17,18). The Bertz CT molecular complexity index is 684. The van der Waals surface area contributed by atoms with Crippen molar-refractivity contribution in [2.24, 2.45) is 5.14 Å². The van der Waals surface area contributed by atoms with Crippen molar-refractivity contribution in [3.8, 4) is 0 Å². The van der Waals surface area contributed by atoms with E-state index >= 15 is 0 Å². The zero-order valence-electron chi connectivity index (χ0n) is 10.2. The lowest BCUT2D eigenvalue weighted by molar-refractivity contribution is 0.598.